The van der Waals surface area contributed by atoms with E-state index >= 15 is 0 Å². The Morgan fingerprint density at radius 2 is 1.93 bits per heavy atom. The van der Waals surface area contributed by atoms with Crippen LogP contribution in [0.25, 0.3) is 0 Å². The van der Waals surface area contributed by atoms with E-state index in [9.17, 15) is 19.2 Å². The number of aromatic amines is 1. The molecule has 1 aromatic carbocycles. The summed E-state index contributed by atoms with van der Waals surface area (Å²) in [5, 5.41) is 0. The van der Waals surface area contributed by atoms with Crippen LogP contribution in [0, 0.1) is 0 Å². The number of allylic oxidation sites excluding steroid dienone is 1. The molecule has 0 atom stereocenters. The SMILES string of the molecule is C/C=C/C(=O)OCC(=O)N(CCCC)c1c(N)n(Cc2ccccc2)c(=O)[nH]c1=O. The number of anilines is 2. The maximum absolute atomic E-state index is 12.7. The first-order valence-electron chi connectivity index (χ1n) is 9.65. The molecule has 0 radical (unpaired) electrons. The van der Waals surface area contributed by atoms with Crippen LogP contribution in [0.5, 0.6) is 0 Å². The zero-order valence-electron chi connectivity index (χ0n) is 17.1. The average Bonchev–Trinajstić information content (AvgIpc) is 2.72. The van der Waals surface area contributed by atoms with Crippen molar-refractivity contribution in [1.82, 2.24) is 9.55 Å². The number of nitrogens with one attached hydrogen (secondary N) is 1. The van der Waals surface area contributed by atoms with Gasteiger partial charge in [-0.15, -0.1) is 0 Å². The number of hydrogen-bond acceptors (Lipinski definition) is 6. The molecule has 2 aromatic rings. The van der Waals surface area contributed by atoms with Crippen molar-refractivity contribution in [3.63, 3.8) is 0 Å². The number of hydrogen-bond donors (Lipinski definition) is 2. The molecule has 0 bridgehead atoms. The first kappa shape index (κ1) is 22.7. The Bertz CT molecular complexity index is 1020. The van der Waals surface area contributed by atoms with Gasteiger partial charge in [0.25, 0.3) is 11.5 Å². The maximum Gasteiger partial charge on any atom is 0.330 e. The topological polar surface area (TPSA) is 127 Å². The second-order valence-electron chi connectivity index (χ2n) is 6.57. The number of nitrogens with zero attached hydrogens (tertiary/aromatic N) is 2. The Labute approximate surface area is 173 Å². The van der Waals surface area contributed by atoms with Gasteiger partial charge >= 0.3 is 11.7 Å². The summed E-state index contributed by atoms with van der Waals surface area (Å²) in [6.07, 6.45) is 4.02. The van der Waals surface area contributed by atoms with Crippen LogP contribution >= 0.6 is 0 Å². The van der Waals surface area contributed by atoms with E-state index in [1.165, 1.54) is 21.6 Å². The lowest BCUT2D eigenvalue weighted by Crippen LogP contribution is -2.43. The molecule has 2 rings (SSSR count). The fourth-order valence-electron chi connectivity index (χ4n) is 2.83. The average molecular weight is 414 g/mol. The first-order chi connectivity index (χ1) is 14.4. The molecule has 30 heavy (non-hydrogen) atoms. The van der Waals surface area contributed by atoms with Gasteiger partial charge in [-0.3, -0.25) is 19.1 Å². The lowest BCUT2D eigenvalue weighted by molar-refractivity contribution is -0.143. The Morgan fingerprint density at radius 1 is 1.23 bits per heavy atom. The van der Waals surface area contributed by atoms with E-state index in [0.717, 1.165) is 12.0 Å². The van der Waals surface area contributed by atoms with Crippen LogP contribution in [0.4, 0.5) is 11.5 Å². The molecule has 0 spiro atoms. The third-order valence-electron chi connectivity index (χ3n) is 4.34. The predicted octanol–water partition coefficient (Wildman–Crippen LogP) is 1.42. The highest BCUT2D eigenvalue weighted by Crippen LogP contribution is 2.19. The van der Waals surface area contributed by atoms with Crippen molar-refractivity contribution in [2.75, 3.05) is 23.8 Å². The number of ether oxygens (including phenoxy) is 1. The number of carbonyl (C=O) groups excluding carboxylic acids is 2. The number of nitrogen functional groups attached to an aromatic ring is 1. The highest BCUT2D eigenvalue weighted by Gasteiger charge is 2.24. The number of aromatic nitrogens is 2. The number of unbranched alkanes of at least 4 members (excludes halogenated alkanes) is 1. The van der Waals surface area contributed by atoms with Crippen molar-refractivity contribution in [1.29, 1.82) is 0 Å². The van der Waals surface area contributed by atoms with E-state index in [4.69, 9.17) is 10.5 Å². The minimum atomic E-state index is -0.772. The molecule has 0 saturated carbocycles. The molecule has 0 aliphatic heterocycles. The number of nitrogens with two attached hydrogens (primary N) is 1. The summed E-state index contributed by atoms with van der Waals surface area (Å²) in [6, 6.07) is 9.11. The van der Waals surface area contributed by atoms with Crippen molar-refractivity contribution < 1.29 is 14.3 Å². The van der Waals surface area contributed by atoms with Gasteiger partial charge < -0.3 is 15.4 Å². The molecule has 1 amide bonds. The second kappa shape index (κ2) is 10.8. The smallest absolute Gasteiger partial charge is 0.330 e. The highest BCUT2D eigenvalue weighted by atomic mass is 16.5. The van der Waals surface area contributed by atoms with E-state index in [1.807, 2.05) is 37.3 Å². The monoisotopic (exact) mass is 414 g/mol. The first-order valence-corrected chi connectivity index (χ1v) is 9.65. The molecule has 0 fully saturated rings. The standard InChI is InChI=1S/C21H26N4O5/c1-3-5-12-24(16(26)14-30-17(27)9-4-2)18-19(22)25(21(29)23-20(18)28)13-15-10-7-6-8-11-15/h4,6-11H,3,5,12-14,22H2,1-2H3,(H,23,28,29)/b9-4+. The third kappa shape index (κ3) is 5.69. The normalized spacial score (nSPS) is 10.9. The lowest BCUT2D eigenvalue weighted by atomic mass is 10.2. The molecular formula is C21H26N4O5. The van der Waals surface area contributed by atoms with Crippen molar-refractivity contribution in [3.8, 4) is 0 Å². The highest BCUT2D eigenvalue weighted by molar-refractivity contribution is 5.97. The zero-order chi connectivity index (χ0) is 22.1. The molecule has 0 aliphatic carbocycles. The van der Waals surface area contributed by atoms with Crippen LogP contribution in [-0.4, -0.2) is 34.6 Å². The number of carbonyl (C=O) groups is 2. The number of amides is 1. The Morgan fingerprint density at radius 3 is 2.57 bits per heavy atom. The van der Waals surface area contributed by atoms with E-state index in [2.05, 4.69) is 4.98 Å². The van der Waals surface area contributed by atoms with Crippen LogP contribution in [0.1, 0.15) is 32.3 Å². The molecule has 0 saturated heterocycles. The van der Waals surface area contributed by atoms with E-state index in [1.54, 1.807) is 6.92 Å². The lowest BCUT2D eigenvalue weighted by Gasteiger charge is -2.24. The van der Waals surface area contributed by atoms with Crippen molar-refractivity contribution >= 4 is 23.4 Å². The Balaban J connectivity index is 2.43. The molecular weight excluding hydrogens is 388 g/mol. The number of benzene rings is 1. The van der Waals surface area contributed by atoms with E-state index < -0.39 is 29.7 Å². The molecule has 1 aromatic heterocycles. The molecule has 0 aliphatic rings. The predicted molar refractivity (Wildman–Crippen MR) is 114 cm³/mol. The molecule has 1 heterocycles. The van der Waals surface area contributed by atoms with Gasteiger partial charge in [-0.25, -0.2) is 9.59 Å². The van der Waals surface area contributed by atoms with Crippen LogP contribution in [0.3, 0.4) is 0 Å². The van der Waals surface area contributed by atoms with Crippen LogP contribution in [-0.2, 0) is 20.9 Å². The van der Waals surface area contributed by atoms with E-state index in [0.29, 0.717) is 6.42 Å². The van der Waals surface area contributed by atoms with Crippen molar-refractivity contribution in [2.24, 2.45) is 0 Å². The summed E-state index contributed by atoms with van der Waals surface area (Å²) >= 11 is 0. The van der Waals surface area contributed by atoms with Gasteiger partial charge in [0.1, 0.15) is 5.82 Å². The fraction of sp³-hybridized carbons (Fsp3) is 0.333. The summed E-state index contributed by atoms with van der Waals surface area (Å²) in [5.41, 5.74) is 5.40. The summed E-state index contributed by atoms with van der Waals surface area (Å²) in [4.78, 5) is 52.6. The largest absolute Gasteiger partial charge is 0.452 e. The summed E-state index contributed by atoms with van der Waals surface area (Å²) < 4.78 is 6.12. The molecule has 9 heteroatoms. The van der Waals surface area contributed by atoms with Gasteiger partial charge in [0.2, 0.25) is 0 Å². The molecule has 160 valence electrons. The van der Waals surface area contributed by atoms with Gasteiger partial charge in [0, 0.05) is 12.6 Å². The van der Waals surface area contributed by atoms with Gasteiger partial charge in [-0.1, -0.05) is 49.8 Å². The van der Waals surface area contributed by atoms with Gasteiger partial charge in [-0.05, 0) is 18.9 Å². The molecule has 3 N–H and O–H groups in total. The Kier molecular flexibility index (Phi) is 8.16. The van der Waals surface area contributed by atoms with Crippen LogP contribution in [0.2, 0.25) is 0 Å². The van der Waals surface area contributed by atoms with Crippen LogP contribution < -0.4 is 21.9 Å². The molecule has 0 unspecified atom stereocenters. The van der Waals surface area contributed by atoms with Gasteiger partial charge in [0.05, 0.1) is 6.54 Å². The fourth-order valence-corrected chi connectivity index (χ4v) is 2.83. The number of H-pyrrole nitrogens is 1. The van der Waals surface area contributed by atoms with Crippen molar-refractivity contribution in [2.45, 2.75) is 33.2 Å². The maximum atomic E-state index is 12.7. The van der Waals surface area contributed by atoms with Gasteiger partial charge in [-0.2, -0.15) is 0 Å². The third-order valence-corrected chi connectivity index (χ3v) is 4.34. The zero-order valence-corrected chi connectivity index (χ0v) is 17.1. The minimum Gasteiger partial charge on any atom is -0.452 e. The summed E-state index contributed by atoms with van der Waals surface area (Å²) in [7, 11) is 0. The summed E-state index contributed by atoms with van der Waals surface area (Å²) in [6.45, 7) is 3.34. The van der Waals surface area contributed by atoms with Crippen LogP contribution in [0.15, 0.2) is 52.1 Å². The van der Waals surface area contributed by atoms with Gasteiger partial charge in [0.15, 0.2) is 12.3 Å². The summed E-state index contributed by atoms with van der Waals surface area (Å²) in [5.74, 6) is -1.41. The quantitative estimate of drug-likeness (QED) is 0.472. The van der Waals surface area contributed by atoms with Crippen molar-refractivity contribution in [3.05, 3.63) is 68.9 Å². The Hall–Kier alpha value is -3.62. The molecule has 9 nitrogen and oxygen atoms in total. The second-order valence-corrected chi connectivity index (χ2v) is 6.57. The van der Waals surface area contributed by atoms with E-state index in [-0.39, 0.29) is 24.6 Å². The number of esters is 1. The minimum absolute atomic E-state index is 0.126. The number of rotatable bonds is 9.